The molecule has 5 nitrogen and oxygen atoms in total. The Kier molecular flexibility index (Phi) is 7.53. The minimum Gasteiger partial charge on any atom is -0.351 e. The van der Waals surface area contributed by atoms with Crippen molar-refractivity contribution in [2.75, 3.05) is 18.8 Å². The van der Waals surface area contributed by atoms with Crippen molar-refractivity contribution >= 4 is 23.6 Å². The number of piperidine rings is 1. The highest BCUT2D eigenvalue weighted by Crippen LogP contribution is 2.33. The zero-order valence-corrected chi connectivity index (χ0v) is 19.8. The first kappa shape index (κ1) is 22.9. The number of likely N-dealkylation sites (tertiary alicyclic amines) is 1. The first-order valence-corrected chi connectivity index (χ1v) is 12.7. The lowest BCUT2D eigenvalue weighted by Gasteiger charge is -2.34. The molecule has 2 fully saturated rings. The number of amides is 2. The summed E-state index contributed by atoms with van der Waals surface area (Å²) in [5.41, 5.74) is 3.11. The molecule has 2 aliphatic rings. The molecule has 0 spiro atoms. The second kappa shape index (κ2) is 10.5. The van der Waals surface area contributed by atoms with Gasteiger partial charge in [0, 0.05) is 37.0 Å². The summed E-state index contributed by atoms with van der Waals surface area (Å²) in [5.74, 6) is 0.615. The quantitative estimate of drug-likeness (QED) is 0.719. The monoisotopic (exact) mass is 451 g/mol. The molecule has 2 aliphatic heterocycles. The number of aryl methyl sites for hydroxylation is 1. The average molecular weight is 452 g/mol. The van der Waals surface area contributed by atoms with Gasteiger partial charge in [0.25, 0.3) is 5.91 Å². The van der Waals surface area contributed by atoms with Crippen LogP contribution in [0, 0.1) is 6.92 Å². The molecule has 2 heterocycles. The van der Waals surface area contributed by atoms with E-state index in [-0.39, 0.29) is 23.2 Å². The summed E-state index contributed by atoms with van der Waals surface area (Å²) in [6.45, 7) is 7.00. The number of nitrogens with zero attached hydrogens (tertiary/aromatic N) is 2. The standard InChI is InChI=1S/C26H33N3O2S/c1-3-24-29(26(31)21-11-9-19(2)10-12-21)23(18-32-24)25(30)27-22-13-15-28(16-14-22)17-20-7-5-4-6-8-20/h4-12,22-24H,3,13-18H2,1-2H3,(H,27,30). The first-order chi connectivity index (χ1) is 15.5. The molecule has 2 amide bonds. The van der Waals surface area contributed by atoms with Crippen molar-refractivity contribution in [2.45, 2.75) is 57.1 Å². The van der Waals surface area contributed by atoms with Gasteiger partial charge in [-0.25, -0.2) is 0 Å². The number of thioether (sulfide) groups is 1. The van der Waals surface area contributed by atoms with Crippen LogP contribution in [0.4, 0.5) is 0 Å². The van der Waals surface area contributed by atoms with E-state index in [1.807, 2.05) is 42.2 Å². The van der Waals surface area contributed by atoms with Gasteiger partial charge in [0.15, 0.2) is 0 Å². The van der Waals surface area contributed by atoms with E-state index in [0.717, 1.165) is 44.5 Å². The van der Waals surface area contributed by atoms with E-state index >= 15 is 0 Å². The average Bonchev–Trinajstić information content (AvgIpc) is 3.25. The number of hydrogen-bond donors (Lipinski definition) is 1. The van der Waals surface area contributed by atoms with Crippen LogP contribution >= 0.6 is 11.8 Å². The topological polar surface area (TPSA) is 52.7 Å². The Balaban J connectivity index is 1.34. The van der Waals surface area contributed by atoms with Gasteiger partial charge in [-0.3, -0.25) is 14.5 Å². The first-order valence-electron chi connectivity index (χ1n) is 11.6. The molecular weight excluding hydrogens is 418 g/mol. The van der Waals surface area contributed by atoms with Crippen molar-refractivity contribution in [1.82, 2.24) is 15.1 Å². The highest BCUT2D eigenvalue weighted by molar-refractivity contribution is 8.00. The number of rotatable bonds is 6. The van der Waals surface area contributed by atoms with Crippen molar-refractivity contribution in [3.8, 4) is 0 Å². The maximum absolute atomic E-state index is 13.3. The van der Waals surface area contributed by atoms with Gasteiger partial charge >= 0.3 is 0 Å². The fourth-order valence-corrected chi connectivity index (χ4v) is 5.93. The summed E-state index contributed by atoms with van der Waals surface area (Å²) in [4.78, 5) is 30.8. The predicted molar refractivity (Wildman–Crippen MR) is 131 cm³/mol. The van der Waals surface area contributed by atoms with Crippen LogP contribution in [-0.2, 0) is 11.3 Å². The predicted octanol–water partition coefficient (Wildman–Crippen LogP) is 4.07. The molecule has 0 aliphatic carbocycles. The van der Waals surface area contributed by atoms with E-state index in [1.54, 1.807) is 11.8 Å². The lowest BCUT2D eigenvalue weighted by atomic mass is 10.0. The molecule has 2 atom stereocenters. The summed E-state index contributed by atoms with van der Waals surface area (Å²) in [6, 6.07) is 17.9. The van der Waals surface area contributed by atoms with Crippen molar-refractivity contribution in [3.63, 3.8) is 0 Å². The lowest BCUT2D eigenvalue weighted by molar-refractivity contribution is -0.125. The van der Waals surface area contributed by atoms with E-state index in [0.29, 0.717) is 11.3 Å². The maximum atomic E-state index is 13.3. The maximum Gasteiger partial charge on any atom is 0.255 e. The Morgan fingerprint density at radius 3 is 2.38 bits per heavy atom. The van der Waals surface area contributed by atoms with Gasteiger partial charge in [0.1, 0.15) is 6.04 Å². The number of nitrogens with one attached hydrogen (secondary N) is 1. The third kappa shape index (κ3) is 5.36. The third-order valence-corrected chi connectivity index (χ3v) is 7.91. The van der Waals surface area contributed by atoms with Gasteiger partial charge in [-0.15, -0.1) is 11.8 Å². The van der Waals surface area contributed by atoms with Crippen LogP contribution in [0.15, 0.2) is 54.6 Å². The summed E-state index contributed by atoms with van der Waals surface area (Å²) in [5, 5.41) is 3.31. The second-order valence-electron chi connectivity index (χ2n) is 8.84. The molecule has 6 heteroatoms. The van der Waals surface area contributed by atoms with Gasteiger partial charge in [-0.2, -0.15) is 0 Å². The Morgan fingerprint density at radius 2 is 1.72 bits per heavy atom. The Labute approximate surface area is 195 Å². The Morgan fingerprint density at radius 1 is 1.03 bits per heavy atom. The van der Waals surface area contributed by atoms with Crippen LogP contribution in [0.25, 0.3) is 0 Å². The van der Waals surface area contributed by atoms with Crippen LogP contribution in [-0.4, -0.2) is 57.9 Å². The normalized spacial score (nSPS) is 22.1. The highest BCUT2D eigenvalue weighted by Gasteiger charge is 2.41. The molecule has 0 radical (unpaired) electrons. The third-order valence-electron chi connectivity index (χ3n) is 6.46. The van der Waals surface area contributed by atoms with Crippen molar-refractivity contribution in [1.29, 1.82) is 0 Å². The van der Waals surface area contributed by atoms with Crippen LogP contribution in [0.3, 0.4) is 0 Å². The molecule has 32 heavy (non-hydrogen) atoms. The molecule has 170 valence electrons. The van der Waals surface area contributed by atoms with Gasteiger partial charge in [-0.05, 0) is 43.9 Å². The molecule has 2 unspecified atom stereocenters. The number of hydrogen-bond acceptors (Lipinski definition) is 4. The lowest BCUT2D eigenvalue weighted by Crippen LogP contribution is -2.53. The van der Waals surface area contributed by atoms with Crippen LogP contribution < -0.4 is 5.32 Å². The Bertz CT molecular complexity index is 910. The summed E-state index contributed by atoms with van der Waals surface area (Å²) < 4.78 is 0. The minimum absolute atomic E-state index is 0.00424. The molecule has 1 N–H and O–H groups in total. The SMILES string of the molecule is CCC1SCC(C(=O)NC2CCN(Cc3ccccc3)CC2)N1C(=O)c1ccc(C)cc1. The van der Waals surface area contributed by atoms with Crippen LogP contribution in [0.2, 0.25) is 0 Å². The smallest absolute Gasteiger partial charge is 0.255 e. The van der Waals surface area contributed by atoms with E-state index < -0.39 is 6.04 Å². The zero-order chi connectivity index (χ0) is 22.5. The Hall–Kier alpha value is -2.31. The minimum atomic E-state index is -0.402. The van der Waals surface area contributed by atoms with Crippen molar-refractivity contribution in [2.24, 2.45) is 0 Å². The summed E-state index contributed by atoms with van der Waals surface area (Å²) >= 11 is 1.71. The molecule has 2 saturated heterocycles. The number of carbonyl (C=O) groups excluding carboxylic acids is 2. The van der Waals surface area contributed by atoms with Crippen LogP contribution in [0.1, 0.15) is 47.7 Å². The summed E-state index contributed by atoms with van der Waals surface area (Å²) in [6.07, 6.45) is 2.73. The molecule has 0 aromatic heterocycles. The molecule has 0 saturated carbocycles. The van der Waals surface area contributed by atoms with Gasteiger partial charge in [0.2, 0.25) is 5.91 Å². The van der Waals surface area contributed by atoms with Gasteiger partial charge in [0.05, 0.1) is 5.37 Å². The fraction of sp³-hybridized carbons (Fsp3) is 0.462. The van der Waals surface area contributed by atoms with E-state index in [4.69, 9.17) is 0 Å². The highest BCUT2D eigenvalue weighted by atomic mass is 32.2. The fourth-order valence-electron chi connectivity index (χ4n) is 4.57. The number of carbonyl (C=O) groups is 2. The zero-order valence-electron chi connectivity index (χ0n) is 19.0. The van der Waals surface area contributed by atoms with Crippen LogP contribution in [0.5, 0.6) is 0 Å². The van der Waals surface area contributed by atoms with Crippen molar-refractivity contribution < 1.29 is 9.59 Å². The molecule has 2 aromatic carbocycles. The van der Waals surface area contributed by atoms with Crippen molar-refractivity contribution in [3.05, 3.63) is 71.3 Å². The summed E-state index contributed by atoms with van der Waals surface area (Å²) in [7, 11) is 0. The van der Waals surface area contributed by atoms with E-state index in [9.17, 15) is 9.59 Å². The van der Waals surface area contributed by atoms with E-state index in [2.05, 4.69) is 41.4 Å². The number of benzene rings is 2. The van der Waals surface area contributed by atoms with Gasteiger partial charge in [-0.1, -0.05) is 55.0 Å². The second-order valence-corrected chi connectivity index (χ2v) is 10.0. The molecule has 4 rings (SSSR count). The molecule has 0 bridgehead atoms. The molecular formula is C26H33N3O2S. The van der Waals surface area contributed by atoms with E-state index in [1.165, 1.54) is 5.56 Å². The van der Waals surface area contributed by atoms with Gasteiger partial charge < -0.3 is 10.2 Å². The largest absolute Gasteiger partial charge is 0.351 e. The molecule has 2 aromatic rings.